The minimum Gasteiger partial charge on any atom is -0.481 e. The van der Waals surface area contributed by atoms with E-state index in [1.165, 1.54) is 12.1 Å². The summed E-state index contributed by atoms with van der Waals surface area (Å²) in [6, 6.07) is 2.83. The highest BCUT2D eigenvalue weighted by Crippen LogP contribution is 2.18. The summed E-state index contributed by atoms with van der Waals surface area (Å²) in [5.74, 6) is -2.73. The van der Waals surface area contributed by atoms with Gasteiger partial charge >= 0.3 is 12.0 Å². The van der Waals surface area contributed by atoms with Crippen LogP contribution >= 0.6 is 11.6 Å². The second kappa shape index (κ2) is 7.58. The van der Waals surface area contributed by atoms with Gasteiger partial charge in [-0.2, -0.15) is 0 Å². The molecule has 0 saturated carbocycles. The molecule has 0 aliphatic rings. The van der Waals surface area contributed by atoms with Gasteiger partial charge in [0.05, 0.1) is 5.02 Å². The maximum atomic E-state index is 13.2. The van der Waals surface area contributed by atoms with Gasteiger partial charge in [-0.05, 0) is 24.1 Å². The standard InChI is InChI=1S/C13H14ClFN2O4/c1-7(5-12(19)20)4-11(18)17-13(21)16-8-2-3-9(14)10(15)6-8/h2-3,6-7H,4-5H2,1H3,(H,19,20)(H2,16,17,18,21). The lowest BCUT2D eigenvalue weighted by atomic mass is 10.0. The third kappa shape index (κ3) is 6.22. The fourth-order valence-electron chi connectivity index (χ4n) is 1.60. The molecule has 0 aromatic heterocycles. The zero-order valence-corrected chi connectivity index (χ0v) is 11.9. The van der Waals surface area contributed by atoms with E-state index in [-0.39, 0.29) is 23.6 Å². The highest BCUT2D eigenvalue weighted by Gasteiger charge is 2.15. The van der Waals surface area contributed by atoms with Crippen molar-refractivity contribution in [2.75, 3.05) is 5.32 Å². The van der Waals surface area contributed by atoms with E-state index in [1.54, 1.807) is 6.92 Å². The van der Waals surface area contributed by atoms with Crippen LogP contribution in [0.5, 0.6) is 0 Å². The van der Waals surface area contributed by atoms with E-state index in [2.05, 4.69) is 5.32 Å². The van der Waals surface area contributed by atoms with Crippen molar-refractivity contribution in [1.29, 1.82) is 0 Å². The number of anilines is 1. The van der Waals surface area contributed by atoms with E-state index in [4.69, 9.17) is 16.7 Å². The van der Waals surface area contributed by atoms with Gasteiger partial charge in [0, 0.05) is 18.5 Å². The van der Waals surface area contributed by atoms with Crippen molar-refractivity contribution >= 4 is 35.2 Å². The topological polar surface area (TPSA) is 95.5 Å². The molecule has 1 aromatic carbocycles. The molecule has 0 aliphatic carbocycles. The molecule has 3 N–H and O–H groups in total. The van der Waals surface area contributed by atoms with Gasteiger partial charge < -0.3 is 10.4 Å². The van der Waals surface area contributed by atoms with E-state index in [0.29, 0.717) is 0 Å². The molecule has 21 heavy (non-hydrogen) atoms. The summed E-state index contributed by atoms with van der Waals surface area (Å²) in [4.78, 5) is 33.5. The molecule has 3 amide bonds. The first-order chi connectivity index (χ1) is 9.77. The van der Waals surface area contributed by atoms with Crippen molar-refractivity contribution in [1.82, 2.24) is 5.32 Å². The number of urea groups is 1. The fraction of sp³-hybridized carbons (Fsp3) is 0.308. The molecule has 0 spiro atoms. The Labute approximate surface area is 125 Å². The number of hydrogen-bond acceptors (Lipinski definition) is 3. The van der Waals surface area contributed by atoms with Crippen LogP contribution < -0.4 is 10.6 Å². The molecule has 8 heteroatoms. The molecule has 1 aromatic rings. The number of carbonyl (C=O) groups excluding carboxylic acids is 2. The minimum atomic E-state index is -1.02. The molecule has 0 fully saturated rings. The monoisotopic (exact) mass is 316 g/mol. The zero-order chi connectivity index (χ0) is 16.0. The van der Waals surface area contributed by atoms with Gasteiger partial charge in [-0.15, -0.1) is 0 Å². The van der Waals surface area contributed by atoms with E-state index in [0.717, 1.165) is 6.07 Å². The Morgan fingerprint density at radius 1 is 1.33 bits per heavy atom. The van der Waals surface area contributed by atoms with Crippen LogP contribution in [-0.4, -0.2) is 23.0 Å². The third-order valence-electron chi connectivity index (χ3n) is 2.49. The number of carbonyl (C=O) groups is 3. The van der Waals surface area contributed by atoms with Crippen LogP contribution in [0.15, 0.2) is 18.2 Å². The Kier molecular flexibility index (Phi) is 6.10. The number of benzene rings is 1. The van der Waals surface area contributed by atoms with Crippen LogP contribution in [0.4, 0.5) is 14.9 Å². The molecule has 0 saturated heterocycles. The molecule has 0 bridgehead atoms. The first-order valence-electron chi connectivity index (χ1n) is 6.05. The van der Waals surface area contributed by atoms with Crippen molar-refractivity contribution in [3.05, 3.63) is 29.0 Å². The van der Waals surface area contributed by atoms with Gasteiger partial charge in [0.1, 0.15) is 5.82 Å². The minimum absolute atomic E-state index is 0.0838. The summed E-state index contributed by atoms with van der Waals surface area (Å²) in [6.45, 7) is 1.58. The van der Waals surface area contributed by atoms with Crippen LogP contribution in [-0.2, 0) is 9.59 Å². The maximum Gasteiger partial charge on any atom is 0.325 e. The van der Waals surface area contributed by atoms with Crippen molar-refractivity contribution in [3.8, 4) is 0 Å². The summed E-state index contributed by atoms with van der Waals surface area (Å²) in [6.07, 6.45) is -0.272. The van der Waals surface area contributed by atoms with E-state index >= 15 is 0 Å². The highest BCUT2D eigenvalue weighted by atomic mass is 35.5. The first-order valence-corrected chi connectivity index (χ1v) is 6.43. The molecular weight excluding hydrogens is 303 g/mol. The third-order valence-corrected chi connectivity index (χ3v) is 2.79. The molecule has 0 radical (unpaired) electrons. The normalized spacial score (nSPS) is 11.6. The molecule has 0 aliphatic heterocycles. The van der Waals surface area contributed by atoms with E-state index in [9.17, 15) is 18.8 Å². The molecule has 1 rings (SSSR count). The largest absolute Gasteiger partial charge is 0.481 e. The van der Waals surface area contributed by atoms with Gasteiger partial charge in [0.25, 0.3) is 0 Å². The van der Waals surface area contributed by atoms with Crippen LogP contribution in [0.3, 0.4) is 0 Å². The maximum absolute atomic E-state index is 13.2. The predicted molar refractivity (Wildman–Crippen MR) is 74.6 cm³/mol. The van der Waals surface area contributed by atoms with Crippen LogP contribution in [0.25, 0.3) is 0 Å². The molecule has 114 valence electrons. The van der Waals surface area contributed by atoms with E-state index < -0.39 is 29.6 Å². The van der Waals surface area contributed by atoms with E-state index in [1.807, 2.05) is 5.32 Å². The van der Waals surface area contributed by atoms with Crippen LogP contribution in [0.1, 0.15) is 19.8 Å². The predicted octanol–water partition coefficient (Wildman–Crippen LogP) is 2.63. The highest BCUT2D eigenvalue weighted by molar-refractivity contribution is 6.30. The number of nitrogens with one attached hydrogen (secondary N) is 2. The Morgan fingerprint density at radius 2 is 2.00 bits per heavy atom. The number of amides is 3. The molecular formula is C13H14ClFN2O4. The summed E-state index contributed by atoms with van der Waals surface area (Å²) in [5.41, 5.74) is 0.140. The number of halogens is 2. The lowest BCUT2D eigenvalue weighted by molar-refractivity contribution is -0.138. The number of carboxylic acid groups (broad SMARTS) is 1. The van der Waals surface area contributed by atoms with Crippen molar-refractivity contribution in [2.24, 2.45) is 5.92 Å². The number of aliphatic carboxylic acids is 1. The number of carboxylic acids is 1. The van der Waals surface area contributed by atoms with Gasteiger partial charge in [-0.25, -0.2) is 9.18 Å². The van der Waals surface area contributed by atoms with Crippen LogP contribution in [0.2, 0.25) is 5.02 Å². The molecule has 1 unspecified atom stereocenters. The van der Waals surface area contributed by atoms with Crippen molar-refractivity contribution < 1.29 is 23.9 Å². The molecule has 6 nitrogen and oxygen atoms in total. The fourth-order valence-corrected chi connectivity index (χ4v) is 1.72. The summed E-state index contributed by atoms with van der Waals surface area (Å²) >= 11 is 5.49. The summed E-state index contributed by atoms with van der Waals surface area (Å²) < 4.78 is 13.2. The van der Waals surface area contributed by atoms with Gasteiger partial charge in [-0.1, -0.05) is 18.5 Å². The second-order valence-electron chi connectivity index (χ2n) is 4.54. The zero-order valence-electron chi connectivity index (χ0n) is 11.2. The SMILES string of the molecule is CC(CC(=O)O)CC(=O)NC(=O)Nc1ccc(Cl)c(F)c1. The molecule has 1 atom stereocenters. The van der Waals surface area contributed by atoms with Crippen molar-refractivity contribution in [3.63, 3.8) is 0 Å². The van der Waals surface area contributed by atoms with Crippen LogP contribution in [0, 0.1) is 11.7 Å². The van der Waals surface area contributed by atoms with Gasteiger partial charge in [0.2, 0.25) is 5.91 Å². The van der Waals surface area contributed by atoms with Gasteiger partial charge in [-0.3, -0.25) is 14.9 Å². The average Bonchev–Trinajstić information content (AvgIpc) is 2.32. The van der Waals surface area contributed by atoms with Gasteiger partial charge in [0.15, 0.2) is 0 Å². The lowest BCUT2D eigenvalue weighted by Crippen LogP contribution is -2.35. The Hall–Kier alpha value is -2.15. The lowest BCUT2D eigenvalue weighted by Gasteiger charge is -2.10. The number of imide groups is 1. The number of rotatable bonds is 5. The quantitative estimate of drug-likeness (QED) is 0.778. The average molecular weight is 317 g/mol. The Bertz CT molecular complexity index is 565. The first kappa shape index (κ1) is 16.9. The smallest absolute Gasteiger partial charge is 0.325 e. The van der Waals surface area contributed by atoms with Crippen molar-refractivity contribution in [2.45, 2.75) is 19.8 Å². The second-order valence-corrected chi connectivity index (χ2v) is 4.95. The summed E-state index contributed by atoms with van der Waals surface area (Å²) in [5, 5.41) is 12.8. The molecule has 0 heterocycles. The summed E-state index contributed by atoms with van der Waals surface area (Å²) in [7, 11) is 0. The Morgan fingerprint density at radius 3 is 2.57 bits per heavy atom. The number of hydrogen-bond donors (Lipinski definition) is 3. The Balaban J connectivity index is 2.47.